The monoisotopic (exact) mass is 329 g/mol. The molecule has 0 aliphatic rings. The third-order valence-electron chi connectivity index (χ3n) is 3.47. The van der Waals surface area contributed by atoms with Gasteiger partial charge in [0.2, 0.25) is 11.0 Å². The van der Waals surface area contributed by atoms with Crippen LogP contribution in [0.15, 0.2) is 30.3 Å². The maximum Gasteiger partial charge on any atom is 0.250 e. The van der Waals surface area contributed by atoms with Gasteiger partial charge in [-0.05, 0) is 29.5 Å². The number of carbonyl (C=O) groups excluding carboxylic acids is 1. The highest BCUT2D eigenvalue weighted by Crippen LogP contribution is 2.18. The van der Waals surface area contributed by atoms with Gasteiger partial charge in [-0.15, -0.1) is 10.2 Å². The second-order valence-electron chi connectivity index (χ2n) is 5.75. The number of aromatic nitrogens is 2. The summed E-state index contributed by atoms with van der Waals surface area (Å²) < 4.78 is 0. The lowest BCUT2D eigenvalue weighted by Gasteiger charge is -2.04. The number of rotatable bonds is 7. The molecule has 5 heteroatoms. The van der Waals surface area contributed by atoms with Crippen LogP contribution in [0.25, 0.3) is 6.08 Å². The summed E-state index contributed by atoms with van der Waals surface area (Å²) in [7, 11) is 0. The van der Waals surface area contributed by atoms with Crippen LogP contribution in [0, 0.1) is 0 Å². The summed E-state index contributed by atoms with van der Waals surface area (Å²) in [6, 6.07) is 8.22. The van der Waals surface area contributed by atoms with Crippen molar-refractivity contribution in [1.82, 2.24) is 10.2 Å². The summed E-state index contributed by atoms with van der Waals surface area (Å²) in [4.78, 5) is 11.9. The zero-order chi connectivity index (χ0) is 16.7. The topological polar surface area (TPSA) is 54.9 Å². The van der Waals surface area contributed by atoms with Crippen molar-refractivity contribution < 1.29 is 4.79 Å². The van der Waals surface area contributed by atoms with Gasteiger partial charge in [0, 0.05) is 12.5 Å². The summed E-state index contributed by atoms with van der Waals surface area (Å²) in [6.45, 7) is 6.46. The minimum Gasteiger partial charge on any atom is -0.297 e. The molecule has 23 heavy (non-hydrogen) atoms. The van der Waals surface area contributed by atoms with Crippen LogP contribution in [0.4, 0.5) is 5.13 Å². The van der Waals surface area contributed by atoms with E-state index in [-0.39, 0.29) is 5.91 Å². The lowest BCUT2D eigenvalue weighted by atomic mass is 10.0. The van der Waals surface area contributed by atoms with Gasteiger partial charge >= 0.3 is 0 Å². The minimum absolute atomic E-state index is 0.184. The van der Waals surface area contributed by atoms with Crippen molar-refractivity contribution in [3.05, 3.63) is 46.5 Å². The van der Waals surface area contributed by atoms with Crippen LogP contribution >= 0.6 is 11.3 Å². The predicted octanol–water partition coefficient (Wildman–Crippen LogP) is 4.66. The second kappa shape index (κ2) is 8.58. The Hall–Kier alpha value is -2.01. The molecule has 0 saturated heterocycles. The van der Waals surface area contributed by atoms with Crippen molar-refractivity contribution in [3.8, 4) is 0 Å². The largest absolute Gasteiger partial charge is 0.297 e. The summed E-state index contributed by atoms with van der Waals surface area (Å²) in [5.41, 5.74) is 2.30. The Morgan fingerprint density at radius 1 is 1.26 bits per heavy atom. The van der Waals surface area contributed by atoms with Gasteiger partial charge in [-0.1, -0.05) is 62.8 Å². The van der Waals surface area contributed by atoms with Gasteiger partial charge in [-0.3, -0.25) is 10.1 Å². The molecule has 0 saturated carbocycles. The van der Waals surface area contributed by atoms with Crippen LogP contribution in [-0.2, 0) is 11.2 Å². The van der Waals surface area contributed by atoms with E-state index in [9.17, 15) is 4.79 Å². The first kappa shape index (κ1) is 17.3. The summed E-state index contributed by atoms with van der Waals surface area (Å²) >= 11 is 1.44. The normalized spacial score (nSPS) is 11.3. The molecule has 0 bridgehead atoms. The number of nitrogens with zero attached hydrogens (tertiary/aromatic N) is 2. The molecule has 1 aromatic heterocycles. The maximum atomic E-state index is 11.9. The van der Waals surface area contributed by atoms with E-state index >= 15 is 0 Å². The van der Waals surface area contributed by atoms with E-state index in [1.807, 2.05) is 12.1 Å². The molecule has 2 rings (SSSR count). The lowest BCUT2D eigenvalue weighted by Crippen LogP contribution is -2.07. The van der Waals surface area contributed by atoms with Gasteiger partial charge in [-0.2, -0.15) is 0 Å². The first-order valence-corrected chi connectivity index (χ1v) is 8.81. The highest BCUT2D eigenvalue weighted by Gasteiger charge is 2.06. The fourth-order valence-corrected chi connectivity index (χ4v) is 2.83. The molecule has 1 aromatic carbocycles. The molecule has 1 amide bonds. The number of anilines is 1. The highest BCUT2D eigenvalue weighted by atomic mass is 32.1. The van der Waals surface area contributed by atoms with Crippen molar-refractivity contribution >= 4 is 28.5 Å². The number of nitrogens with one attached hydrogen (secondary N) is 1. The van der Waals surface area contributed by atoms with E-state index < -0.39 is 0 Å². The molecule has 0 radical (unpaired) electrons. The minimum atomic E-state index is -0.184. The Bertz CT molecular complexity index is 659. The quantitative estimate of drug-likeness (QED) is 0.752. The van der Waals surface area contributed by atoms with E-state index in [1.165, 1.54) is 23.0 Å². The number of carbonyl (C=O) groups is 1. The first-order valence-electron chi connectivity index (χ1n) is 8.00. The molecule has 1 heterocycles. The predicted molar refractivity (Wildman–Crippen MR) is 96.7 cm³/mol. The first-order chi connectivity index (χ1) is 11.1. The van der Waals surface area contributed by atoms with Crippen LogP contribution in [0.3, 0.4) is 0 Å². The molecular formula is C18H23N3OS. The number of hydrogen-bond donors (Lipinski definition) is 1. The number of aryl methyl sites for hydroxylation is 1. The third-order valence-corrected chi connectivity index (χ3v) is 4.37. The van der Waals surface area contributed by atoms with Crippen molar-refractivity contribution in [2.24, 2.45) is 0 Å². The molecule has 0 fully saturated rings. The standard InChI is InChI=1S/C18H23N3OS/c1-4-5-6-17-20-21-18(23-17)19-16(22)12-9-14-7-10-15(11-8-14)13(2)3/h7-13H,4-6H2,1-3H3,(H,19,21,22)/b12-9+. The maximum absolute atomic E-state index is 11.9. The fraction of sp³-hybridized carbons (Fsp3) is 0.389. The van der Waals surface area contributed by atoms with Crippen molar-refractivity contribution in [2.45, 2.75) is 46.0 Å². The SMILES string of the molecule is CCCCc1nnc(NC(=O)/C=C/c2ccc(C(C)C)cc2)s1. The van der Waals surface area contributed by atoms with E-state index in [2.05, 4.69) is 48.4 Å². The van der Waals surface area contributed by atoms with Crippen LogP contribution < -0.4 is 5.32 Å². The molecule has 0 atom stereocenters. The summed E-state index contributed by atoms with van der Waals surface area (Å²) in [6.07, 6.45) is 6.46. The number of unbranched alkanes of at least 4 members (excludes halogenated alkanes) is 1. The van der Waals surface area contributed by atoms with Crippen LogP contribution in [0.2, 0.25) is 0 Å². The van der Waals surface area contributed by atoms with Crippen molar-refractivity contribution in [2.75, 3.05) is 5.32 Å². The zero-order valence-electron chi connectivity index (χ0n) is 13.9. The van der Waals surface area contributed by atoms with E-state index in [0.29, 0.717) is 11.0 Å². The van der Waals surface area contributed by atoms with Gasteiger partial charge in [0.25, 0.3) is 0 Å². The molecular weight excluding hydrogens is 306 g/mol. The average Bonchev–Trinajstić information content (AvgIpc) is 2.98. The molecule has 0 unspecified atom stereocenters. The summed E-state index contributed by atoms with van der Waals surface area (Å²) in [5.74, 6) is 0.326. The van der Waals surface area contributed by atoms with Gasteiger partial charge in [0.05, 0.1) is 0 Å². The van der Waals surface area contributed by atoms with E-state index in [1.54, 1.807) is 6.08 Å². The summed E-state index contributed by atoms with van der Waals surface area (Å²) in [5, 5.41) is 12.4. The lowest BCUT2D eigenvalue weighted by molar-refractivity contribution is -0.111. The van der Waals surface area contributed by atoms with Crippen LogP contribution in [0.5, 0.6) is 0 Å². The molecule has 0 aliphatic carbocycles. The second-order valence-corrected chi connectivity index (χ2v) is 6.81. The van der Waals surface area contributed by atoms with Crippen molar-refractivity contribution in [1.29, 1.82) is 0 Å². The molecule has 4 nitrogen and oxygen atoms in total. The van der Waals surface area contributed by atoms with E-state index in [4.69, 9.17) is 0 Å². The van der Waals surface area contributed by atoms with Crippen molar-refractivity contribution in [3.63, 3.8) is 0 Å². The van der Waals surface area contributed by atoms with Crippen LogP contribution in [-0.4, -0.2) is 16.1 Å². The number of hydrogen-bond acceptors (Lipinski definition) is 4. The fourth-order valence-electron chi connectivity index (χ4n) is 2.04. The van der Waals surface area contributed by atoms with Gasteiger partial charge in [0.15, 0.2) is 0 Å². The molecule has 0 aliphatic heterocycles. The van der Waals surface area contributed by atoms with E-state index in [0.717, 1.165) is 29.8 Å². The average molecular weight is 329 g/mol. The number of benzene rings is 1. The smallest absolute Gasteiger partial charge is 0.250 e. The number of amides is 1. The molecule has 0 spiro atoms. The Balaban J connectivity index is 1.89. The highest BCUT2D eigenvalue weighted by molar-refractivity contribution is 7.15. The third kappa shape index (κ3) is 5.60. The van der Waals surface area contributed by atoms with Gasteiger partial charge in [-0.25, -0.2) is 0 Å². The van der Waals surface area contributed by atoms with Crippen LogP contribution in [0.1, 0.15) is 55.7 Å². The molecule has 2 aromatic rings. The van der Waals surface area contributed by atoms with Gasteiger partial charge < -0.3 is 0 Å². The van der Waals surface area contributed by atoms with Gasteiger partial charge in [0.1, 0.15) is 5.01 Å². The Kier molecular flexibility index (Phi) is 6.47. The zero-order valence-corrected chi connectivity index (χ0v) is 14.7. The Labute approximate surface area is 141 Å². The molecule has 1 N–H and O–H groups in total. The Morgan fingerprint density at radius 3 is 2.65 bits per heavy atom. The molecule has 122 valence electrons. The Morgan fingerprint density at radius 2 is 2.00 bits per heavy atom.